The Morgan fingerprint density at radius 1 is 1.12 bits per heavy atom. The van der Waals surface area contributed by atoms with Gasteiger partial charge in [0.15, 0.2) is 5.75 Å². The number of rotatable bonds is 3. The molecule has 1 aliphatic heterocycles. The highest BCUT2D eigenvalue weighted by Gasteiger charge is 2.59. The number of benzene rings is 1. The lowest BCUT2D eigenvalue weighted by Gasteiger charge is -2.13. The highest BCUT2D eigenvalue weighted by atomic mass is 16.6. The molecule has 0 radical (unpaired) electrons. The lowest BCUT2D eigenvalue weighted by atomic mass is 9.85. The largest absolute Gasteiger partial charge is 0.507 e. The van der Waals surface area contributed by atoms with Crippen molar-refractivity contribution in [1.29, 1.82) is 0 Å². The third-order valence-corrected chi connectivity index (χ3v) is 5.08. The number of hydrazone groups is 1. The van der Waals surface area contributed by atoms with Crippen molar-refractivity contribution in [3.05, 3.63) is 40.0 Å². The zero-order valence-electron chi connectivity index (χ0n) is 12.8. The van der Waals surface area contributed by atoms with Gasteiger partial charge >= 0.3 is 5.69 Å². The first-order chi connectivity index (χ1) is 11.9. The van der Waals surface area contributed by atoms with Gasteiger partial charge in [-0.1, -0.05) is 12.2 Å². The number of nitro benzene ring substituents is 1. The summed E-state index contributed by atoms with van der Waals surface area (Å²) in [5.74, 6) is -2.63. The first kappa shape index (κ1) is 15.3. The lowest BCUT2D eigenvalue weighted by Crippen LogP contribution is -2.28. The number of imide groups is 1. The molecule has 1 saturated heterocycles. The average molecular weight is 343 g/mol. The highest BCUT2D eigenvalue weighted by Crippen LogP contribution is 2.52. The van der Waals surface area contributed by atoms with Gasteiger partial charge in [0, 0.05) is 17.7 Å². The first-order valence-electron chi connectivity index (χ1n) is 7.69. The third kappa shape index (κ3) is 2.12. The van der Waals surface area contributed by atoms with E-state index in [2.05, 4.69) is 5.10 Å². The normalized spacial score (nSPS) is 29.8. The van der Waals surface area contributed by atoms with Crippen molar-refractivity contribution in [2.45, 2.75) is 6.42 Å². The Morgan fingerprint density at radius 2 is 1.72 bits per heavy atom. The summed E-state index contributed by atoms with van der Waals surface area (Å²) in [6.45, 7) is 0. The molecule has 2 N–H and O–H groups in total. The molecule has 2 amide bonds. The average Bonchev–Trinajstić information content (AvgIpc) is 3.22. The topological polar surface area (TPSA) is 133 Å². The molecule has 1 heterocycles. The fourth-order valence-corrected chi connectivity index (χ4v) is 3.95. The zero-order chi connectivity index (χ0) is 17.9. The van der Waals surface area contributed by atoms with Gasteiger partial charge in [-0.05, 0) is 18.3 Å². The predicted molar refractivity (Wildman–Crippen MR) is 83.6 cm³/mol. The molecule has 2 fully saturated rings. The van der Waals surface area contributed by atoms with Gasteiger partial charge in [-0.25, -0.2) is 0 Å². The van der Waals surface area contributed by atoms with E-state index in [1.165, 1.54) is 0 Å². The van der Waals surface area contributed by atoms with Crippen LogP contribution >= 0.6 is 0 Å². The van der Waals surface area contributed by atoms with Crippen LogP contribution in [-0.2, 0) is 9.59 Å². The molecule has 4 rings (SSSR count). The Bertz CT molecular complexity index is 847. The SMILES string of the molecule is O=C1[C@@H]2[C@H](C(=O)N1/N=C\c1cc([N+](=O)[O-])c(O)cc1O)[C@H]1C=C[C@H]2C1. The van der Waals surface area contributed by atoms with Gasteiger partial charge in [-0.2, -0.15) is 10.1 Å². The number of carbonyl (C=O) groups excluding carboxylic acids is 2. The monoisotopic (exact) mass is 343 g/mol. The van der Waals surface area contributed by atoms with E-state index in [0.29, 0.717) is 0 Å². The smallest absolute Gasteiger partial charge is 0.311 e. The number of aromatic hydroxyl groups is 2. The number of nitro groups is 1. The van der Waals surface area contributed by atoms with Crippen LogP contribution in [0.1, 0.15) is 12.0 Å². The second kappa shape index (κ2) is 5.13. The van der Waals surface area contributed by atoms with Crippen molar-refractivity contribution in [1.82, 2.24) is 5.01 Å². The Labute approximate surface area is 141 Å². The van der Waals surface area contributed by atoms with Crippen LogP contribution in [0.3, 0.4) is 0 Å². The van der Waals surface area contributed by atoms with Crippen LogP contribution in [0.5, 0.6) is 11.5 Å². The van der Waals surface area contributed by atoms with Gasteiger partial charge in [0.1, 0.15) is 5.75 Å². The molecule has 0 spiro atoms. The fraction of sp³-hybridized carbons (Fsp3) is 0.312. The molecule has 1 aromatic rings. The Morgan fingerprint density at radius 3 is 2.28 bits per heavy atom. The summed E-state index contributed by atoms with van der Waals surface area (Å²) in [5, 5.41) is 34.7. The van der Waals surface area contributed by atoms with E-state index < -0.39 is 45.8 Å². The predicted octanol–water partition coefficient (Wildman–Crippen LogP) is 1.15. The molecule has 128 valence electrons. The minimum absolute atomic E-state index is 0.0508. The van der Waals surface area contributed by atoms with E-state index >= 15 is 0 Å². The van der Waals surface area contributed by atoms with Crippen LogP contribution in [0.15, 0.2) is 29.4 Å². The summed E-state index contributed by atoms with van der Waals surface area (Å²) in [4.78, 5) is 35.0. The van der Waals surface area contributed by atoms with Crippen molar-refractivity contribution in [3.63, 3.8) is 0 Å². The van der Waals surface area contributed by atoms with Crippen LogP contribution in [-0.4, -0.2) is 38.2 Å². The number of phenolic OH excluding ortho intramolecular Hbond substituents is 2. The number of hydrogen-bond acceptors (Lipinski definition) is 7. The lowest BCUT2D eigenvalue weighted by molar-refractivity contribution is -0.385. The number of fused-ring (bicyclic) bond motifs is 5. The second-order valence-corrected chi connectivity index (χ2v) is 6.39. The maximum Gasteiger partial charge on any atom is 0.311 e. The van der Waals surface area contributed by atoms with Crippen LogP contribution in [0.4, 0.5) is 5.69 Å². The van der Waals surface area contributed by atoms with E-state index in [9.17, 15) is 29.9 Å². The van der Waals surface area contributed by atoms with Crippen molar-refractivity contribution in [2.75, 3.05) is 0 Å². The van der Waals surface area contributed by atoms with E-state index in [-0.39, 0.29) is 17.4 Å². The maximum atomic E-state index is 12.5. The summed E-state index contributed by atoms with van der Waals surface area (Å²) in [7, 11) is 0. The molecule has 9 heteroatoms. The Kier molecular flexibility index (Phi) is 3.14. The summed E-state index contributed by atoms with van der Waals surface area (Å²) >= 11 is 0. The number of hydrogen-bond donors (Lipinski definition) is 2. The van der Waals surface area contributed by atoms with Crippen molar-refractivity contribution >= 4 is 23.7 Å². The van der Waals surface area contributed by atoms with Gasteiger partial charge < -0.3 is 10.2 Å². The van der Waals surface area contributed by atoms with Crippen molar-refractivity contribution in [3.8, 4) is 11.5 Å². The van der Waals surface area contributed by atoms with Gasteiger partial charge in [-0.3, -0.25) is 19.7 Å². The molecule has 4 atom stereocenters. The molecule has 9 nitrogen and oxygen atoms in total. The molecule has 3 aliphatic rings. The van der Waals surface area contributed by atoms with Gasteiger partial charge in [0.2, 0.25) is 0 Å². The number of allylic oxidation sites excluding steroid dienone is 2. The fourth-order valence-electron chi connectivity index (χ4n) is 3.95. The van der Waals surface area contributed by atoms with Gasteiger partial charge in [0.25, 0.3) is 11.8 Å². The Hall–Kier alpha value is -3.23. The van der Waals surface area contributed by atoms with E-state index in [0.717, 1.165) is 29.8 Å². The number of amides is 2. The molecule has 2 aliphatic carbocycles. The molecular weight excluding hydrogens is 330 g/mol. The Balaban J connectivity index is 1.63. The molecule has 2 bridgehead atoms. The molecule has 25 heavy (non-hydrogen) atoms. The van der Waals surface area contributed by atoms with Crippen LogP contribution in [0.25, 0.3) is 0 Å². The van der Waals surface area contributed by atoms with Gasteiger partial charge in [0.05, 0.1) is 23.0 Å². The van der Waals surface area contributed by atoms with Crippen LogP contribution in [0, 0.1) is 33.8 Å². The van der Waals surface area contributed by atoms with Crippen molar-refractivity contribution in [2.24, 2.45) is 28.8 Å². The highest BCUT2D eigenvalue weighted by molar-refractivity contribution is 6.07. The zero-order valence-corrected chi connectivity index (χ0v) is 12.8. The first-order valence-corrected chi connectivity index (χ1v) is 7.69. The molecular formula is C16H13N3O6. The van der Waals surface area contributed by atoms with Gasteiger partial charge in [-0.15, -0.1) is 0 Å². The number of phenols is 2. The number of carbonyl (C=O) groups is 2. The summed E-state index contributed by atoms with van der Waals surface area (Å²) in [6.07, 6.45) is 5.72. The van der Waals surface area contributed by atoms with E-state index in [1.807, 2.05) is 12.2 Å². The second-order valence-electron chi connectivity index (χ2n) is 6.39. The summed E-state index contributed by atoms with van der Waals surface area (Å²) in [6, 6.07) is 1.73. The summed E-state index contributed by atoms with van der Waals surface area (Å²) < 4.78 is 0. The van der Waals surface area contributed by atoms with E-state index in [4.69, 9.17) is 0 Å². The molecule has 1 saturated carbocycles. The molecule has 1 aromatic carbocycles. The molecule has 0 aromatic heterocycles. The quantitative estimate of drug-likeness (QED) is 0.278. The van der Waals surface area contributed by atoms with Crippen LogP contribution < -0.4 is 0 Å². The molecule has 0 unspecified atom stereocenters. The number of nitrogens with zero attached hydrogens (tertiary/aromatic N) is 3. The van der Waals surface area contributed by atoms with E-state index in [1.54, 1.807) is 0 Å². The third-order valence-electron chi connectivity index (χ3n) is 5.08. The summed E-state index contributed by atoms with van der Waals surface area (Å²) in [5.41, 5.74) is -0.694. The minimum Gasteiger partial charge on any atom is -0.507 e. The minimum atomic E-state index is -0.813. The van der Waals surface area contributed by atoms with Crippen LogP contribution in [0.2, 0.25) is 0 Å². The standard InChI is InChI=1S/C16H13N3O6/c20-11-5-12(21)10(19(24)25)4-9(11)6-17-18-15(22)13-7-1-2-8(3-7)14(13)16(18)23/h1-2,4-8,13-14,20-21H,3H2/b17-6-/t7-,8-,13-,14+/m0/s1. The maximum absolute atomic E-state index is 12.5. The van der Waals surface area contributed by atoms with Crippen molar-refractivity contribution < 1.29 is 24.7 Å².